The summed E-state index contributed by atoms with van der Waals surface area (Å²) in [5, 5.41) is 2.79. The van der Waals surface area contributed by atoms with Crippen molar-refractivity contribution in [2.45, 2.75) is 32.6 Å². The van der Waals surface area contributed by atoms with Crippen LogP contribution in [0.25, 0.3) is 0 Å². The minimum absolute atomic E-state index is 0.0866. The van der Waals surface area contributed by atoms with Gasteiger partial charge in [-0.1, -0.05) is 24.1 Å². The zero-order valence-electron chi connectivity index (χ0n) is 13.1. The van der Waals surface area contributed by atoms with Gasteiger partial charge in [0.2, 0.25) is 11.8 Å². The third-order valence-corrected chi connectivity index (χ3v) is 3.72. The Labute approximate surface area is 131 Å². The number of aryl methyl sites for hydroxylation is 1. The van der Waals surface area contributed by atoms with Crippen LogP contribution in [0.1, 0.15) is 31.2 Å². The van der Waals surface area contributed by atoms with Crippen molar-refractivity contribution in [2.24, 2.45) is 0 Å². The van der Waals surface area contributed by atoms with Crippen molar-refractivity contribution in [3.63, 3.8) is 0 Å². The minimum atomic E-state index is -0.122. The molecule has 0 bridgehead atoms. The van der Waals surface area contributed by atoms with Gasteiger partial charge in [0.25, 0.3) is 0 Å². The molecule has 2 amide bonds. The summed E-state index contributed by atoms with van der Waals surface area (Å²) in [7, 11) is 0. The number of hydrogen-bond donors (Lipinski definition) is 1. The smallest absolute Gasteiger partial charge is 0.239 e. The van der Waals surface area contributed by atoms with Crippen LogP contribution in [0.3, 0.4) is 0 Å². The average molecular weight is 304 g/mol. The molecule has 0 aromatic heterocycles. The molecule has 5 nitrogen and oxygen atoms in total. The van der Waals surface area contributed by atoms with Gasteiger partial charge in [-0.25, -0.2) is 0 Å². The summed E-state index contributed by atoms with van der Waals surface area (Å²) < 4.78 is 5.55. The van der Waals surface area contributed by atoms with Crippen LogP contribution in [0.4, 0.5) is 0 Å². The van der Waals surface area contributed by atoms with Gasteiger partial charge in [0.05, 0.1) is 13.1 Å². The Balaban J connectivity index is 1.64. The zero-order chi connectivity index (χ0) is 15.8. The molecule has 1 N–H and O–H groups in total. The van der Waals surface area contributed by atoms with E-state index >= 15 is 0 Å². The molecule has 0 unspecified atom stereocenters. The number of likely N-dealkylation sites (tertiary alicyclic amines) is 1. The van der Waals surface area contributed by atoms with Gasteiger partial charge in [0.1, 0.15) is 12.4 Å². The van der Waals surface area contributed by atoms with Gasteiger partial charge < -0.3 is 15.0 Å². The lowest BCUT2D eigenvalue weighted by Crippen LogP contribution is -2.41. The number of amides is 2. The van der Waals surface area contributed by atoms with Crippen LogP contribution in [0, 0.1) is 6.92 Å². The van der Waals surface area contributed by atoms with E-state index in [-0.39, 0.29) is 18.4 Å². The predicted octanol–water partition coefficient (Wildman–Crippen LogP) is 1.89. The van der Waals surface area contributed by atoms with Crippen molar-refractivity contribution in [1.29, 1.82) is 0 Å². The average Bonchev–Trinajstić information content (AvgIpc) is 2.71. The van der Waals surface area contributed by atoms with Crippen molar-refractivity contribution in [3.8, 4) is 5.75 Å². The van der Waals surface area contributed by atoms with Crippen LogP contribution in [-0.2, 0) is 9.59 Å². The Morgan fingerprint density at radius 3 is 2.77 bits per heavy atom. The van der Waals surface area contributed by atoms with E-state index in [9.17, 15) is 9.59 Å². The Morgan fingerprint density at radius 2 is 2.00 bits per heavy atom. The molecule has 1 aromatic carbocycles. The zero-order valence-corrected chi connectivity index (χ0v) is 13.1. The van der Waals surface area contributed by atoms with Gasteiger partial charge in [-0.2, -0.15) is 0 Å². The second-order valence-electron chi connectivity index (χ2n) is 5.64. The lowest BCUT2D eigenvalue weighted by molar-refractivity contribution is -0.135. The van der Waals surface area contributed by atoms with Gasteiger partial charge >= 0.3 is 0 Å². The summed E-state index contributed by atoms with van der Waals surface area (Å²) in [5.41, 5.74) is 1.18. The maximum atomic E-state index is 11.9. The molecule has 1 aromatic rings. The number of nitrogens with zero attached hydrogens (tertiary/aromatic N) is 1. The first kappa shape index (κ1) is 16.3. The predicted molar refractivity (Wildman–Crippen MR) is 84.7 cm³/mol. The summed E-state index contributed by atoms with van der Waals surface area (Å²) in [6.07, 6.45) is 3.54. The summed E-state index contributed by atoms with van der Waals surface area (Å²) in [6.45, 7) is 3.72. The lowest BCUT2D eigenvalue weighted by atomic mass is 10.2. The number of nitrogens with one attached hydrogen (secondary N) is 1. The van der Waals surface area contributed by atoms with Crippen LogP contribution in [-0.4, -0.2) is 43.0 Å². The van der Waals surface area contributed by atoms with Gasteiger partial charge in [-0.15, -0.1) is 0 Å². The summed E-state index contributed by atoms with van der Waals surface area (Å²) in [6, 6.07) is 7.79. The highest BCUT2D eigenvalue weighted by atomic mass is 16.5. The van der Waals surface area contributed by atoms with Gasteiger partial charge in [0.15, 0.2) is 0 Å². The summed E-state index contributed by atoms with van der Waals surface area (Å²) in [5.74, 6) is 0.758. The van der Waals surface area contributed by atoms with E-state index in [2.05, 4.69) is 5.32 Å². The van der Waals surface area contributed by atoms with E-state index in [4.69, 9.17) is 4.74 Å². The van der Waals surface area contributed by atoms with E-state index in [1.807, 2.05) is 31.2 Å². The van der Waals surface area contributed by atoms with Crippen LogP contribution in [0.15, 0.2) is 24.3 Å². The van der Waals surface area contributed by atoms with Crippen LogP contribution in [0.5, 0.6) is 5.75 Å². The molecule has 1 fully saturated rings. The highest BCUT2D eigenvalue weighted by molar-refractivity contribution is 5.84. The maximum absolute atomic E-state index is 11.9. The maximum Gasteiger partial charge on any atom is 0.239 e. The van der Waals surface area contributed by atoms with Crippen molar-refractivity contribution in [3.05, 3.63) is 29.8 Å². The standard InChI is InChI=1S/C17H24N2O3/c1-14-6-8-15(9-7-14)22-12-10-18-16(20)13-19-11-4-2-3-5-17(19)21/h6-9H,2-5,10-13H2,1H3,(H,18,20). The molecule has 0 radical (unpaired) electrons. The van der Waals surface area contributed by atoms with Crippen molar-refractivity contribution >= 4 is 11.8 Å². The fourth-order valence-corrected chi connectivity index (χ4v) is 2.43. The molecule has 1 aliphatic heterocycles. The molecule has 5 heteroatoms. The summed E-state index contributed by atoms with van der Waals surface area (Å²) >= 11 is 0. The van der Waals surface area contributed by atoms with Crippen LogP contribution >= 0.6 is 0 Å². The van der Waals surface area contributed by atoms with E-state index in [1.54, 1.807) is 4.90 Å². The fraction of sp³-hybridized carbons (Fsp3) is 0.529. The minimum Gasteiger partial charge on any atom is -0.492 e. The van der Waals surface area contributed by atoms with Crippen LogP contribution in [0.2, 0.25) is 0 Å². The Hall–Kier alpha value is -2.04. The van der Waals surface area contributed by atoms with Gasteiger partial charge in [-0.3, -0.25) is 9.59 Å². The first-order chi connectivity index (χ1) is 10.6. The topological polar surface area (TPSA) is 58.6 Å². The van der Waals surface area contributed by atoms with Crippen molar-refractivity contribution in [1.82, 2.24) is 10.2 Å². The molecule has 0 spiro atoms. The van der Waals surface area contributed by atoms with E-state index in [0.717, 1.165) is 25.0 Å². The number of carbonyl (C=O) groups excluding carboxylic acids is 2. The Morgan fingerprint density at radius 1 is 1.23 bits per heavy atom. The molecular formula is C17H24N2O3. The third kappa shape index (κ3) is 5.39. The largest absolute Gasteiger partial charge is 0.492 e. The molecule has 0 aliphatic carbocycles. The molecular weight excluding hydrogens is 280 g/mol. The Kier molecular flexibility index (Phi) is 6.25. The molecule has 1 aliphatic rings. The highest BCUT2D eigenvalue weighted by Crippen LogP contribution is 2.11. The third-order valence-electron chi connectivity index (χ3n) is 3.72. The highest BCUT2D eigenvalue weighted by Gasteiger charge is 2.18. The van der Waals surface area contributed by atoms with Crippen LogP contribution < -0.4 is 10.1 Å². The van der Waals surface area contributed by atoms with E-state index < -0.39 is 0 Å². The first-order valence-electron chi connectivity index (χ1n) is 7.89. The normalized spacial score (nSPS) is 15.3. The molecule has 120 valence electrons. The number of carbonyl (C=O) groups is 2. The monoisotopic (exact) mass is 304 g/mol. The lowest BCUT2D eigenvalue weighted by Gasteiger charge is -2.19. The van der Waals surface area contributed by atoms with E-state index in [0.29, 0.717) is 26.1 Å². The second kappa shape index (κ2) is 8.41. The molecule has 0 saturated carbocycles. The van der Waals surface area contributed by atoms with E-state index in [1.165, 1.54) is 5.56 Å². The summed E-state index contributed by atoms with van der Waals surface area (Å²) in [4.78, 5) is 25.3. The molecule has 2 rings (SSSR count). The molecule has 1 saturated heterocycles. The van der Waals surface area contributed by atoms with Crippen molar-refractivity contribution < 1.29 is 14.3 Å². The number of benzene rings is 1. The second-order valence-corrected chi connectivity index (χ2v) is 5.64. The first-order valence-corrected chi connectivity index (χ1v) is 7.89. The number of rotatable bonds is 6. The molecule has 1 heterocycles. The quantitative estimate of drug-likeness (QED) is 0.817. The van der Waals surface area contributed by atoms with Crippen molar-refractivity contribution in [2.75, 3.05) is 26.2 Å². The number of hydrogen-bond acceptors (Lipinski definition) is 3. The number of ether oxygens (including phenoxy) is 1. The molecule has 0 atom stereocenters. The SMILES string of the molecule is Cc1ccc(OCCNC(=O)CN2CCCCCC2=O)cc1. The van der Waals surface area contributed by atoms with Gasteiger partial charge in [0, 0.05) is 13.0 Å². The van der Waals surface area contributed by atoms with Gasteiger partial charge in [-0.05, 0) is 31.9 Å². The molecule has 22 heavy (non-hydrogen) atoms. The fourth-order valence-electron chi connectivity index (χ4n) is 2.43. The Bertz CT molecular complexity index is 499.